The number of nitrogens with zero attached hydrogens (tertiary/aromatic N) is 2. The lowest BCUT2D eigenvalue weighted by molar-refractivity contribution is -0.394. The Balaban J connectivity index is 3.07. The second-order valence-electron chi connectivity index (χ2n) is 5.39. The molecule has 0 aliphatic rings. The van der Waals surface area contributed by atoms with Crippen LogP contribution in [0.1, 0.15) is 31.1 Å². The Bertz CT molecular complexity index is 529. The van der Waals surface area contributed by atoms with Crippen LogP contribution in [0, 0.1) is 25.6 Å². The van der Waals surface area contributed by atoms with Crippen LogP contribution < -0.4 is 0 Å². The van der Waals surface area contributed by atoms with E-state index < -0.39 is 27.2 Å². The van der Waals surface area contributed by atoms with Gasteiger partial charge in [0.1, 0.15) is 0 Å². The predicted octanol–water partition coefficient (Wildman–Crippen LogP) is 2.71. The lowest BCUT2D eigenvalue weighted by Gasteiger charge is -2.17. The van der Waals surface area contributed by atoms with Gasteiger partial charge in [0.2, 0.25) is 0 Å². The average molecular weight is 282 g/mol. The van der Waals surface area contributed by atoms with Crippen LogP contribution in [0.4, 0.5) is 11.4 Å². The molecule has 8 nitrogen and oxygen atoms in total. The molecule has 1 aromatic carbocycles. The average Bonchev–Trinajstić information content (AvgIpc) is 2.34. The van der Waals surface area contributed by atoms with E-state index in [1.807, 2.05) is 20.8 Å². The van der Waals surface area contributed by atoms with Crippen molar-refractivity contribution in [1.29, 1.82) is 0 Å². The maximum atomic E-state index is 11.8. The molecule has 0 unspecified atom stereocenters. The van der Waals surface area contributed by atoms with Crippen molar-refractivity contribution in [2.24, 2.45) is 5.41 Å². The van der Waals surface area contributed by atoms with E-state index in [-0.39, 0.29) is 17.6 Å². The number of carbonyl (C=O) groups excluding carboxylic acids is 1. The first-order valence-corrected chi connectivity index (χ1v) is 5.71. The Hall–Kier alpha value is -2.51. The topological polar surface area (TPSA) is 113 Å². The third-order valence-corrected chi connectivity index (χ3v) is 2.20. The molecular formula is C12H14N2O6. The summed E-state index contributed by atoms with van der Waals surface area (Å²) in [6, 6.07) is 2.70. The van der Waals surface area contributed by atoms with E-state index in [9.17, 15) is 25.0 Å². The van der Waals surface area contributed by atoms with E-state index in [4.69, 9.17) is 4.74 Å². The summed E-state index contributed by atoms with van der Waals surface area (Å²) in [5.41, 5.74) is -1.54. The summed E-state index contributed by atoms with van der Waals surface area (Å²) in [6.07, 6.45) is 0. The highest BCUT2D eigenvalue weighted by Crippen LogP contribution is 2.23. The molecule has 1 rings (SSSR count). The molecule has 0 saturated heterocycles. The first-order valence-electron chi connectivity index (χ1n) is 5.71. The number of carbonyl (C=O) groups is 1. The Morgan fingerprint density at radius 2 is 1.55 bits per heavy atom. The molecule has 0 amide bonds. The van der Waals surface area contributed by atoms with Crippen LogP contribution in [0.5, 0.6) is 0 Å². The van der Waals surface area contributed by atoms with E-state index in [0.717, 1.165) is 18.2 Å². The van der Waals surface area contributed by atoms with Gasteiger partial charge in [-0.2, -0.15) is 0 Å². The summed E-state index contributed by atoms with van der Waals surface area (Å²) in [5.74, 6) is -0.827. The van der Waals surface area contributed by atoms with Gasteiger partial charge in [-0.1, -0.05) is 20.8 Å². The fourth-order valence-corrected chi connectivity index (χ4v) is 1.29. The van der Waals surface area contributed by atoms with Gasteiger partial charge in [0.05, 0.1) is 28.1 Å². The van der Waals surface area contributed by atoms with Crippen molar-refractivity contribution in [3.8, 4) is 0 Å². The number of hydrogen-bond acceptors (Lipinski definition) is 6. The van der Waals surface area contributed by atoms with Gasteiger partial charge in [0, 0.05) is 12.1 Å². The van der Waals surface area contributed by atoms with Crippen molar-refractivity contribution in [2.45, 2.75) is 20.8 Å². The summed E-state index contributed by atoms with van der Waals surface area (Å²) in [5, 5.41) is 21.4. The monoisotopic (exact) mass is 282 g/mol. The SMILES string of the molecule is CC(C)(C)COC(=O)c1cc([N+](=O)[O-])cc([N+](=O)[O-])c1. The van der Waals surface area contributed by atoms with Gasteiger partial charge in [-0.25, -0.2) is 4.79 Å². The van der Waals surface area contributed by atoms with E-state index >= 15 is 0 Å². The van der Waals surface area contributed by atoms with Gasteiger partial charge in [-0.05, 0) is 5.41 Å². The van der Waals surface area contributed by atoms with E-state index in [1.54, 1.807) is 0 Å². The van der Waals surface area contributed by atoms with E-state index in [2.05, 4.69) is 0 Å². The molecule has 0 aliphatic carbocycles. The van der Waals surface area contributed by atoms with Gasteiger partial charge in [-0.15, -0.1) is 0 Å². The van der Waals surface area contributed by atoms with Crippen molar-refractivity contribution in [3.63, 3.8) is 0 Å². The van der Waals surface area contributed by atoms with Crippen LogP contribution in [0.15, 0.2) is 18.2 Å². The van der Waals surface area contributed by atoms with Crippen LogP contribution >= 0.6 is 0 Å². The standard InChI is InChI=1S/C12H14N2O6/c1-12(2,3)7-20-11(15)8-4-9(13(16)17)6-10(5-8)14(18)19/h4-6H,7H2,1-3H3. The minimum absolute atomic E-state index is 0.0995. The van der Waals surface area contributed by atoms with Crippen molar-refractivity contribution >= 4 is 17.3 Å². The lowest BCUT2D eigenvalue weighted by atomic mass is 9.99. The molecule has 8 heteroatoms. The number of rotatable bonds is 4. The molecule has 0 N–H and O–H groups in total. The van der Waals surface area contributed by atoms with Crippen LogP contribution in [0.3, 0.4) is 0 Å². The Labute approximate surface area is 114 Å². The second-order valence-corrected chi connectivity index (χ2v) is 5.39. The number of esters is 1. The predicted molar refractivity (Wildman–Crippen MR) is 69.5 cm³/mol. The Morgan fingerprint density at radius 3 is 1.90 bits per heavy atom. The maximum absolute atomic E-state index is 11.8. The van der Waals surface area contributed by atoms with Crippen molar-refractivity contribution < 1.29 is 19.4 Å². The van der Waals surface area contributed by atoms with Crippen molar-refractivity contribution in [2.75, 3.05) is 6.61 Å². The fraction of sp³-hybridized carbons (Fsp3) is 0.417. The van der Waals surface area contributed by atoms with Gasteiger partial charge < -0.3 is 4.74 Å². The summed E-state index contributed by atoms with van der Waals surface area (Å²) in [7, 11) is 0. The van der Waals surface area contributed by atoms with Crippen molar-refractivity contribution in [3.05, 3.63) is 44.0 Å². The molecule has 0 bridgehead atoms. The molecule has 0 fully saturated rings. The molecule has 0 aromatic heterocycles. The fourth-order valence-electron chi connectivity index (χ4n) is 1.29. The van der Waals surface area contributed by atoms with Crippen LogP contribution in [-0.4, -0.2) is 22.4 Å². The number of nitro benzene ring substituents is 2. The van der Waals surface area contributed by atoms with Crippen LogP contribution in [0.25, 0.3) is 0 Å². The maximum Gasteiger partial charge on any atom is 0.338 e. The molecule has 0 atom stereocenters. The van der Waals surface area contributed by atoms with Gasteiger partial charge in [0.15, 0.2) is 0 Å². The minimum atomic E-state index is -0.827. The number of nitro groups is 2. The number of benzene rings is 1. The number of non-ortho nitro benzene ring substituents is 2. The molecule has 108 valence electrons. The molecule has 0 heterocycles. The zero-order valence-corrected chi connectivity index (χ0v) is 11.3. The molecule has 0 aliphatic heterocycles. The molecular weight excluding hydrogens is 268 g/mol. The number of hydrogen-bond donors (Lipinski definition) is 0. The summed E-state index contributed by atoms with van der Waals surface area (Å²) in [6.45, 7) is 5.63. The molecule has 0 spiro atoms. The smallest absolute Gasteiger partial charge is 0.338 e. The first-order chi connectivity index (χ1) is 9.10. The molecule has 0 radical (unpaired) electrons. The van der Waals surface area contributed by atoms with E-state index in [0.29, 0.717) is 0 Å². The highest BCUT2D eigenvalue weighted by Gasteiger charge is 2.22. The summed E-state index contributed by atoms with van der Waals surface area (Å²) in [4.78, 5) is 31.6. The summed E-state index contributed by atoms with van der Waals surface area (Å²) < 4.78 is 4.98. The third-order valence-electron chi connectivity index (χ3n) is 2.20. The first kappa shape index (κ1) is 15.5. The Kier molecular flexibility index (Phi) is 4.38. The van der Waals surface area contributed by atoms with Gasteiger partial charge >= 0.3 is 5.97 Å². The quantitative estimate of drug-likeness (QED) is 0.476. The number of ether oxygens (including phenoxy) is 1. The van der Waals surface area contributed by atoms with Gasteiger partial charge in [-0.3, -0.25) is 20.2 Å². The van der Waals surface area contributed by atoms with Crippen LogP contribution in [-0.2, 0) is 4.74 Å². The lowest BCUT2D eigenvalue weighted by Crippen LogP contribution is -2.18. The largest absolute Gasteiger partial charge is 0.462 e. The highest BCUT2D eigenvalue weighted by molar-refractivity contribution is 5.91. The van der Waals surface area contributed by atoms with Gasteiger partial charge in [0.25, 0.3) is 11.4 Å². The molecule has 20 heavy (non-hydrogen) atoms. The highest BCUT2D eigenvalue weighted by atomic mass is 16.6. The molecule has 1 aromatic rings. The third kappa shape index (κ3) is 4.30. The van der Waals surface area contributed by atoms with Crippen LogP contribution in [0.2, 0.25) is 0 Å². The zero-order chi connectivity index (χ0) is 15.5. The zero-order valence-electron chi connectivity index (χ0n) is 11.3. The van der Waals surface area contributed by atoms with E-state index in [1.165, 1.54) is 0 Å². The summed E-state index contributed by atoms with van der Waals surface area (Å²) >= 11 is 0. The van der Waals surface area contributed by atoms with Crippen molar-refractivity contribution in [1.82, 2.24) is 0 Å². The molecule has 0 saturated carbocycles. The second kappa shape index (κ2) is 5.64. The normalized spacial score (nSPS) is 10.9. The minimum Gasteiger partial charge on any atom is -0.462 e. The Morgan fingerprint density at radius 1 is 1.10 bits per heavy atom.